The number of aromatic nitrogens is 2. The molecule has 2 rings (SSSR count). The van der Waals surface area contributed by atoms with Crippen molar-refractivity contribution >= 4 is 11.6 Å². The predicted octanol–water partition coefficient (Wildman–Crippen LogP) is 2.11. The molecule has 0 aliphatic carbocycles. The van der Waals surface area contributed by atoms with Crippen LogP contribution >= 0.6 is 0 Å². The predicted molar refractivity (Wildman–Crippen MR) is 72.1 cm³/mol. The molecule has 1 amide bonds. The Hall–Kier alpha value is -2.43. The van der Waals surface area contributed by atoms with Crippen LogP contribution in [0, 0.1) is 13.8 Å². The van der Waals surface area contributed by atoms with Gasteiger partial charge in [-0.25, -0.2) is 9.97 Å². The van der Waals surface area contributed by atoms with Crippen LogP contribution in [-0.2, 0) is 4.79 Å². The van der Waals surface area contributed by atoms with E-state index >= 15 is 0 Å². The molecule has 0 aliphatic heterocycles. The molecule has 98 valence electrons. The summed E-state index contributed by atoms with van der Waals surface area (Å²) in [5.74, 6) is -0.242. The second-order valence-corrected chi connectivity index (χ2v) is 4.18. The summed E-state index contributed by atoms with van der Waals surface area (Å²) in [7, 11) is 0. The summed E-state index contributed by atoms with van der Waals surface area (Å²) in [5, 5.41) is 2.73. The number of rotatable bonds is 4. The highest BCUT2D eigenvalue weighted by Gasteiger charge is 2.05. The van der Waals surface area contributed by atoms with Gasteiger partial charge in [0.05, 0.1) is 0 Å². The standard InChI is InChI=1S/C14H15N3O2/c1-10-3-5-12(6-4-10)17-13(18)9-19-14-15-8-7-11(2)16-14/h3-8H,9H2,1-2H3,(H,17,18). The number of benzene rings is 1. The van der Waals surface area contributed by atoms with E-state index in [1.54, 1.807) is 12.3 Å². The van der Waals surface area contributed by atoms with Crippen molar-refractivity contribution in [3.8, 4) is 6.01 Å². The van der Waals surface area contributed by atoms with Gasteiger partial charge in [0, 0.05) is 17.6 Å². The number of nitrogens with zero attached hydrogens (tertiary/aromatic N) is 2. The molecule has 2 aromatic rings. The van der Waals surface area contributed by atoms with Crippen LogP contribution in [0.15, 0.2) is 36.5 Å². The number of hydrogen-bond acceptors (Lipinski definition) is 4. The first kappa shape index (κ1) is 13.0. The average molecular weight is 257 g/mol. The van der Waals surface area contributed by atoms with Crippen molar-refractivity contribution in [3.05, 3.63) is 47.8 Å². The lowest BCUT2D eigenvalue weighted by molar-refractivity contribution is -0.118. The molecule has 1 aromatic carbocycles. The van der Waals surface area contributed by atoms with Gasteiger partial charge < -0.3 is 10.1 Å². The lowest BCUT2D eigenvalue weighted by atomic mass is 10.2. The van der Waals surface area contributed by atoms with Crippen molar-refractivity contribution in [2.45, 2.75) is 13.8 Å². The quantitative estimate of drug-likeness (QED) is 0.911. The summed E-state index contributed by atoms with van der Waals surface area (Å²) in [6, 6.07) is 9.52. The molecule has 5 heteroatoms. The SMILES string of the molecule is Cc1ccc(NC(=O)COc2nccc(C)n2)cc1. The van der Waals surface area contributed by atoms with E-state index in [9.17, 15) is 4.79 Å². The first-order chi connectivity index (χ1) is 9.13. The van der Waals surface area contributed by atoms with Gasteiger partial charge in [0.25, 0.3) is 5.91 Å². The number of carbonyl (C=O) groups is 1. The van der Waals surface area contributed by atoms with Crippen molar-refractivity contribution in [1.82, 2.24) is 9.97 Å². The van der Waals surface area contributed by atoms with E-state index in [4.69, 9.17) is 4.74 Å². The molecule has 0 radical (unpaired) electrons. The Labute approximate surface area is 111 Å². The lowest BCUT2D eigenvalue weighted by Gasteiger charge is -2.06. The summed E-state index contributed by atoms with van der Waals surface area (Å²) in [5.41, 5.74) is 2.68. The zero-order valence-corrected chi connectivity index (χ0v) is 10.9. The van der Waals surface area contributed by atoms with Gasteiger partial charge in [-0.15, -0.1) is 0 Å². The zero-order chi connectivity index (χ0) is 13.7. The molecular weight excluding hydrogens is 242 g/mol. The maximum atomic E-state index is 11.7. The fourth-order valence-corrected chi connectivity index (χ4v) is 1.46. The molecule has 0 aliphatic rings. The number of ether oxygens (including phenoxy) is 1. The Morgan fingerprint density at radius 1 is 1.21 bits per heavy atom. The summed E-state index contributed by atoms with van der Waals surface area (Å²) >= 11 is 0. The van der Waals surface area contributed by atoms with Gasteiger partial charge in [0.2, 0.25) is 0 Å². The van der Waals surface area contributed by atoms with Gasteiger partial charge in [-0.1, -0.05) is 17.7 Å². The molecule has 1 N–H and O–H groups in total. The van der Waals surface area contributed by atoms with E-state index in [1.807, 2.05) is 38.1 Å². The third-order valence-electron chi connectivity index (χ3n) is 2.44. The molecule has 0 saturated carbocycles. The maximum absolute atomic E-state index is 11.7. The van der Waals surface area contributed by atoms with E-state index < -0.39 is 0 Å². The molecule has 0 saturated heterocycles. The molecule has 5 nitrogen and oxygen atoms in total. The van der Waals surface area contributed by atoms with Crippen LogP contribution in [0.3, 0.4) is 0 Å². The van der Waals surface area contributed by atoms with Crippen LogP contribution in [-0.4, -0.2) is 22.5 Å². The van der Waals surface area contributed by atoms with Crippen LogP contribution in [0.1, 0.15) is 11.3 Å². The van der Waals surface area contributed by atoms with E-state index in [2.05, 4.69) is 15.3 Å². The topological polar surface area (TPSA) is 64.1 Å². The second-order valence-electron chi connectivity index (χ2n) is 4.18. The third-order valence-corrected chi connectivity index (χ3v) is 2.44. The van der Waals surface area contributed by atoms with Gasteiger partial charge in [-0.3, -0.25) is 4.79 Å². The van der Waals surface area contributed by atoms with Crippen molar-refractivity contribution in [2.24, 2.45) is 0 Å². The molecule has 0 bridgehead atoms. The van der Waals surface area contributed by atoms with Crippen molar-refractivity contribution in [3.63, 3.8) is 0 Å². The van der Waals surface area contributed by atoms with Gasteiger partial charge in [0.1, 0.15) is 0 Å². The van der Waals surface area contributed by atoms with Crippen molar-refractivity contribution in [2.75, 3.05) is 11.9 Å². The minimum Gasteiger partial charge on any atom is -0.453 e. The lowest BCUT2D eigenvalue weighted by Crippen LogP contribution is -2.20. The highest BCUT2D eigenvalue weighted by atomic mass is 16.5. The highest BCUT2D eigenvalue weighted by Crippen LogP contribution is 2.08. The summed E-state index contributed by atoms with van der Waals surface area (Å²) in [4.78, 5) is 19.6. The van der Waals surface area contributed by atoms with Crippen molar-refractivity contribution in [1.29, 1.82) is 0 Å². The van der Waals surface area contributed by atoms with E-state index in [-0.39, 0.29) is 18.5 Å². The van der Waals surface area contributed by atoms with Gasteiger partial charge in [-0.05, 0) is 32.0 Å². The number of aryl methyl sites for hydroxylation is 2. The van der Waals surface area contributed by atoms with Crippen LogP contribution in [0.25, 0.3) is 0 Å². The van der Waals surface area contributed by atoms with Gasteiger partial charge >= 0.3 is 6.01 Å². The Kier molecular flexibility index (Phi) is 4.07. The molecule has 1 heterocycles. The smallest absolute Gasteiger partial charge is 0.317 e. The Morgan fingerprint density at radius 3 is 2.63 bits per heavy atom. The number of anilines is 1. The Bertz CT molecular complexity index is 567. The maximum Gasteiger partial charge on any atom is 0.317 e. The summed E-state index contributed by atoms with van der Waals surface area (Å²) in [6.07, 6.45) is 1.59. The summed E-state index contributed by atoms with van der Waals surface area (Å²) in [6.45, 7) is 3.71. The first-order valence-corrected chi connectivity index (χ1v) is 5.92. The van der Waals surface area contributed by atoms with Gasteiger partial charge in [-0.2, -0.15) is 0 Å². The fraction of sp³-hybridized carbons (Fsp3) is 0.214. The monoisotopic (exact) mass is 257 g/mol. The van der Waals surface area contributed by atoms with Crippen molar-refractivity contribution < 1.29 is 9.53 Å². The van der Waals surface area contributed by atoms with Crippen LogP contribution in [0.4, 0.5) is 5.69 Å². The van der Waals surface area contributed by atoms with Gasteiger partial charge in [0.15, 0.2) is 6.61 Å². The van der Waals surface area contributed by atoms with E-state index in [0.717, 1.165) is 16.9 Å². The minimum atomic E-state index is -0.242. The van der Waals surface area contributed by atoms with E-state index in [0.29, 0.717) is 0 Å². The first-order valence-electron chi connectivity index (χ1n) is 5.92. The molecular formula is C14H15N3O2. The highest BCUT2D eigenvalue weighted by molar-refractivity contribution is 5.91. The van der Waals surface area contributed by atoms with Crippen LogP contribution in [0.5, 0.6) is 6.01 Å². The number of amides is 1. The minimum absolute atomic E-state index is 0.114. The fourth-order valence-electron chi connectivity index (χ4n) is 1.46. The van der Waals surface area contributed by atoms with Crippen LogP contribution in [0.2, 0.25) is 0 Å². The molecule has 0 spiro atoms. The third kappa shape index (κ3) is 4.06. The number of nitrogens with one attached hydrogen (secondary N) is 1. The molecule has 0 fully saturated rings. The molecule has 19 heavy (non-hydrogen) atoms. The second kappa shape index (κ2) is 5.95. The normalized spacial score (nSPS) is 10.0. The average Bonchev–Trinajstić information content (AvgIpc) is 2.39. The number of carbonyl (C=O) groups excluding carboxylic acids is 1. The molecule has 0 unspecified atom stereocenters. The Balaban J connectivity index is 1.86. The molecule has 0 atom stereocenters. The largest absolute Gasteiger partial charge is 0.453 e. The molecule has 1 aromatic heterocycles. The van der Waals surface area contributed by atoms with Crippen LogP contribution < -0.4 is 10.1 Å². The van der Waals surface area contributed by atoms with E-state index in [1.165, 1.54) is 0 Å². The zero-order valence-electron chi connectivity index (χ0n) is 10.9. The number of hydrogen-bond donors (Lipinski definition) is 1. The Morgan fingerprint density at radius 2 is 1.95 bits per heavy atom. The summed E-state index contributed by atoms with van der Waals surface area (Å²) < 4.78 is 5.21.